The lowest BCUT2D eigenvalue weighted by Gasteiger charge is -2.31. The summed E-state index contributed by atoms with van der Waals surface area (Å²) in [7, 11) is -3.34. The van der Waals surface area contributed by atoms with Crippen LogP contribution in [0.1, 0.15) is 12.8 Å². The Bertz CT molecular complexity index is 644. The minimum Gasteiger partial charge on any atom is -0.380 e. The quantitative estimate of drug-likeness (QED) is 0.680. The number of likely N-dealkylation sites (tertiary alicyclic amines) is 1. The summed E-state index contributed by atoms with van der Waals surface area (Å²) in [5.74, 6) is 2.18. The van der Waals surface area contributed by atoms with E-state index in [0.717, 1.165) is 32.2 Å². The van der Waals surface area contributed by atoms with E-state index in [2.05, 4.69) is 16.1 Å². The first-order valence-corrected chi connectivity index (χ1v) is 8.71. The third kappa shape index (κ3) is 4.19. The summed E-state index contributed by atoms with van der Waals surface area (Å²) in [6, 6.07) is 3.96. The van der Waals surface area contributed by atoms with Crippen LogP contribution in [0.4, 0.5) is 10.1 Å². The fourth-order valence-electron chi connectivity index (χ4n) is 2.43. The normalized spacial score (nSPS) is 17.4. The Morgan fingerprint density at radius 1 is 1.43 bits per heavy atom. The number of nitrogens with zero attached hydrogens (tertiary/aromatic N) is 1. The summed E-state index contributed by atoms with van der Waals surface area (Å²) in [6.07, 6.45) is 8.10. The summed E-state index contributed by atoms with van der Waals surface area (Å²) in [4.78, 5) is 2.29. The average Bonchev–Trinajstić information content (AvgIpc) is 2.42. The average molecular weight is 310 g/mol. The van der Waals surface area contributed by atoms with Crippen LogP contribution in [-0.2, 0) is 9.84 Å². The fourth-order valence-corrected chi connectivity index (χ4v) is 3.08. The number of nitrogens with one attached hydrogen (secondary N) is 1. The van der Waals surface area contributed by atoms with E-state index < -0.39 is 15.7 Å². The van der Waals surface area contributed by atoms with Gasteiger partial charge in [0.05, 0.1) is 17.1 Å². The zero-order valence-electron chi connectivity index (χ0n) is 12.0. The second kappa shape index (κ2) is 6.46. The number of piperidine rings is 1. The van der Waals surface area contributed by atoms with E-state index in [4.69, 9.17) is 6.42 Å². The van der Waals surface area contributed by atoms with Crippen molar-refractivity contribution in [2.75, 3.05) is 31.2 Å². The summed E-state index contributed by atoms with van der Waals surface area (Å²) in [5.41, 5.74) is 0.244. The highest BCUT2D eigenvalue weighted by Gasteiger charge is 2.20. The second-order valence-electron chi connectivity index (χ2n) is 5.31. The van der Waals surface area contributed by atoms with Gasteiger partial charge in [-0.05, 0) is 31.0 Å². The minimum atomic E-state index is -3.34. The molecular formula is C15H19FN2O2S. The lowest BCUT2D eigenvalue weighted by molar-refractivity contribution is 0.243. The van der Waals surface area contributed by atoms with Gasteiger partial charge in [-0.15, -0.1) is 6.42 Å². The zero-order valence-corrected chi connectivity index (χ0v) is 12.8. The van der Waals surface area contributed by atoms with Gasteiger partial charge < -0.3 is 5.32 Å². The highest BCUT2D eigenvalue weighted by Crippen LogP contribution is 2.22. The lowest BCUT2D eigenvalue weighted by Crippen LogP contribution is -2.39. The third-order valence-electron chi connectivity index (χ3n) is 3.63. The Labute approximate surface area is 125 Å². The number of halogens is 1. The fraction of sp³-hybridized carbons (Fsp3) is 0.467. The van der Waals surface area contributed by atoms with Gasteiger partial charge in [-0.3, -0.25) is 4.90 Å². The number of terminal acetylenes is 1. The molecule has 1 N–H and O–H groups in total. The molecule has 0 aliphatic carbocycles. The van der Waals surface area contributed by atoms with Gasteiger partial charge in [-0.1, -0.05) is 5.92 Å². The zero-order chi connectivity index (χ0) is 15.5. The van der Waals surface area contributed by atoms with Crippen LogP contribution in [0.2, 0.25) is 0 Å². The molecule has 0 unspecified atom stereocenters. The maximum absolute atomic E-state index is 13.8. The van der Waals surface area contributed by atoms with Crippen molar-refractivity contribution >= 4 is 15.5 Å². The predicted molar refractivity (Wildman–Crippen MR) is 81.4 cm³/mol. The number of hydrogen-bond donors (Lipinski definition) is 1. The van der Waals surface area contributed by atoms with E-state index in [0.29, 0.717) is 6.54 Å². The number of benzene rings is 1. The molecule has 1 fully saturated rings. The maximum Gasteiger partial charge on any atom is 0.175 e. The van der Waals surface area contributed by atoms with Crippen molar-refractivity contribution in [1.29, 1.82) is 0 Å². The van der Waals surface area contributed by atoms with E-state index in [1.54, 1.807) is 0 Å². The molecule has 114 valence electrons. The van der Waals surface area contributed by atoms with Gasteiger partial charge in [0.2, 0.25) is 0 Å². The highest BCUT2D eigenvalue weighted by molar-refractivity contribution is 7.90. The first kappa shape index (κ1) is 15.8. The van der Waals surface area contributed by atoms with E-state index in [1.165, 1.54) is 18.2 Å². The Kier molecular flexibility index (Phi) is 4.86. The van der Waals surface area contributed by atoms with Gasteiger partial charge in [0, 0.05) is 25.4 Å². The van der Waals surface area contributed by atoms with Gasteiger partial charge in [0.15, 0.2) is 9.84 Å². The molecule has 2 rings (SSSR count). The molecule has 0 atom stereocenters. The van der Waals surface area contributed by atoms with Gasteiger partial charge >= 0.3 is 0 Å². The molecule has 4 nitrogen and oxygen atoms in total. The molecule has 0 spiro atoms. The molecule has 1 aromatic carbocycles. The van der Waals surface area contributed by atoms with Crippen LogP contribution in [0.5, 0.6) is 0 Å². The van der Waals surface area contributed by atoms with Crippen LogP contribution in [0.15, 0.2) is 23.1 Å². The Balaban J connectivity index is 2.05. The molecule has 0 amide bonds. The van der Waals surface area contributed by atoms with Gasteiger partial charge in [-0.25, -0.2) is 12.8 Å². The molecule has 0 radical (unpaired) electrons. The number of anilines is 1. The van der Waals surface area contributed by atoms with Crippen LogP contribution >= 0.6 is 0 Å². The van der Waals surface area contributed by atoms with Crippen molar-refractivity contribution in [3.63, 3.8) is 0 Å². The third-order valence-corrected chi connectivity index (χ3v) is 4.74. The van der Waals surface area contributed by atoms with Gasteiger partial charge in [0.25, 0.3) is 0 Å². The number of sulfone groups is 1. The van der Waals surface area contributed by atoms with Crippen molar-refractivity contribution < 1.29 is 12.8 Å². The summed E-state index contributed by atoms with van der Waals surface area (Å²) >= 11 is 0. The molecule has 1 aliphatic rings. The standard InChI is InChI=1S/C15H19FN2O2S/c1-3-8-18-9-6-12(7-10-18)17-15-11-13(21(2,19)20)4-5-14(15)16/h1,4-5,11-12,17H,6-10H2,2H3. The Morgan fingerprint density at radius 2 is 2.10 bits per heavy atom. The van der Waals surface area contributed by atoms with E-state index in [1.807, 2.05) is 0 Å². The van der Waals surface area contributed by atoms with Crippen LogP contribution in [0.3, 0.4) is 0 Å². The first-order valence-electron chi connectivity index (χ1n) is 6.82. The van der Waals surface area contributed by atoms with Crippen molar-refractivity contribution in [1.82, 2.24) is 4.90 Å². The molecule has 0 saturated carbocycles. The summed E-state index contributed by atoms with van der Waals surface area (Å²) in [6.45, 7) is 2.34. The summed E-state index contributed by atoms with van der Waals surface area (Å²) < 4.78 is 36.9. The second-order valence-corrected chi connectivity index (χ2v) is 7.33. The highest BCUT2D eigenvalue weighted by atomic mass is 32.2. The van der Waals surface area contributed by atoms with Crippen LogP contribution in [-0.4, -0.2) is 45.2 Å². The number of hydrogen-bond acceptors (Lipinski definition) is 4. The molecule has 0 aromatic heterocycles. The molecule has 6 heteroatoms. The summed E-state index contributed by atoms with van der Waals surface area (Å²) in [5, 5.41) is 3.11. The SMILES string of the molecule is C#CCN1CCC(Nc2cc(S(C)(=O)=O)ccc2F)CC1. The van der Waals surface area contributed by atoms with E-state index in [9.17, 15) is 12.8 Å². The van der Waals surface area contributed by atoms with E-state index >= 15 is 0 Å². The maximum atomic E-state index is 13.8. The van der Waals surface area contributed by atoms with Crippen LogP contribution in [0, 0.1) is 18.2 Å². The predicted octanol–water partition coefficient (Wildman–Crippen LogP) is 1.74. The monoisotopic (exact) mass is 310 g/mol. The minimum absolute atomic E-state index is 0.121. The molecule has 1 aromatic rings. The largest absolute Gasteiger partial charge is 0.380 e. The molecule has 21 heavy (non-hydrogen) atoms. The van der Waals surface area contributed by atoms with Crippen molar-refractivity contribution in [3.8, 4) is 12.3 Å². The molecule has 0 bridgehead atoms. The number of rotatable bonds is 4. The molecule has 1 heterocycles. The van der Waals surface area contributed by atoms with Gasteiger partial charge in [0.1, 0.15) is 5.82 Å². The van der Waals surface area contributed by atoms with Crippen molar-refractivity contribution in [2.24, 2.45) is 0 Å². The van der Waals surface area contributed by atoms with Crippen molar-refractivity contribution in [3.05, 3.63) is 24.0 Å². The van der Waals surface area contributed by atoms with Crippen molar-refractivity contribution in [2.45, 2.75) is 23.8 Å². The molecule has 1 aliphatic heterocycles. The van der Waals surface area contributed by atoms with Crippen LogP contribution < -0.4 is 5.32 Å². The van der Waals surface area contributed by atoms with Crippen LogP contribution in [0.25, 0.3) is 0 Å². The lowest BCUT2D eigenvalue weighted by atomic mass is 10.0. The van der Waals surface area contributed by atoms with E-state index in [-0.39, 0.29) is 16.6 Å². The topological polar surface area (TPSA) is 49.4 Å². The molecular weight excluding hydrogens is 291 g/mol. The molecule has 1 saturated heterocycles. The smallest absolute Gasteiger partial charge is 0.175 e. The first-order chi connectivity index (χ1) is 9.90. The Hall–Kier alpha value is -1.58. The van der Waals surface area contributed by atoms with Gasteiger partial charge in [-0.2, -0.15) is 0 Å². The Morgan fingerprint density at radius 3 is 2.67 bits per heavy atom.